The number of halogens is 1. The lowest BCUT2D eigenvalue weighted by Gasteiger charge is -2.15. The zero-order chi connectivity index (χ0) is 13.2. The molecule has 1 aliphatic rings. The number of benzene rings is 1. The number of aromatic nitrogens is 1. The van der Waals surface area contributed by atoms with Crippen LogP contribution in [-0.2, 0) is 19.6 Å². The summed E-state index contributed by atoms with van der Waals surface area (Å²) in [5, 5.41) is 3.78. The van der Waals surface area contributed by atoms with E-state index in [9.17, 15) is 0 Å². The molecule has 0 unspecified atom stereocenters. The van der Waals surface area contributed by atoms with E-state index in [1.165, 1.54) is 11.1 Å². The van der Waals surface area contributed by atoms with Gasteiger partial charge in [0.25, 0.3) is 0 Å². The lowest BCUT2D eigenvalue weighted by atomic mass is 10.1. The summed E-state index contributed by atoms with van der Waals surface area (Å²) in [6, 6.07) is 12.4. The minimum Gasteiger partial charge on any atom is -0.373 e. The van der Waals surface area contributed by atoms with E-state index in [1.54, 1.807) is 0 Å². The molecule has 1 aromatic heterocycles. The molecular formula is C15H16ClN3. The Morgan fingerprint density at radius 2 is 1.84 bits per heavy atom. The summed E-state index contributed by atoms with van der Waals surface area (Å²) in [7, 11) is 1.87. The molecule has 1 aromatic carbocycles. The molecule has 3 nitrogen and oxygen atoms in total. The minimum atomic E-state index is 0.731. The number of hydrogen-bond donors (Lipinski definition) is 1. The van der Waals surface area contributed by atoms with Gasteiger partial charge < -0.3 is 5.32 Å². The molecule has 0 radical (unpaired) electrons. The summed E-state index contributed by atoms with van der Waals surface area (Å²) in [5.74, 6) is 0.858. The summed E-state index contributed by atoms with van der Waals surface area (Å²) in [5.41, 5.74) is 3.74. The molecule has 0 saturated carbocycles. The van der Waals surface area contributed by atoms with Gasteiger partial charge in [0.15, 0.2) is 0 Å². The molecule has 1 aliphatic heterocycles. The van der Waals surface area contributed by atoms with Gasteiger partial charge in [0.05, 0.1) is 10.7 Å². The van der Waals surface area contributed by atoms with Crippen LogP contribution < -0.4 is 5.32 Å². The summed E-state index contributed by atoms with van der Waals surface area (Å²) in [4.78, 5) is 6.89. The van der Waals surface area contributed by atoms with Gasteiger partial charge in [0, 0.05) is 26.7 Å². The van der Waals surface area contributed by atoms with Crippen molar-refractivity contribution in [3.63, 3.8) is 0 Å². The number of nitrogens with one attached hydrogen (secondary N) is 1. The lowest BCUT2D eigenvalue weighted by molar-refractivity contribution is 0.272. The van der Waals surface area contributed by atoms with Crippen LogP contribution >= 0.6 is 11.6 Å². The van der Waals surface area contributed by atoms with Crippen LogP contribution in [0.5, 0.6) is 0 Å². The van der Waals surface area contributed by atoms with Gasteiger partial charge in [-0.05, 0) is 23.3 Å². The van der Waals surface area contributed by atoms with Gasteiger partial charge in [-0.1, -0.05) is 35.9 Å². The highest BCUT2D eigenvalue weighted by Gasteiger charge is 2.19. The second-order valence-electron chi connectivity index (χ2n) is 4.79. The molecule has 0 spiro atoms. The maximum absolute atomic E-state index is 6.23. The number of anilines is 1. The molecule has 1 N–H and O–H groups in total. The number of nitrogens with zero attached hydrogens (tertiary/aromatic N) is 2. The average Bonchev–Trinajstić information content (AvgIpc) is 2.83. The standard InChI is InChI=1S/C15H16ClN3/c1-17-15-7-6-13(16)14(18-15)10-19-8-11-4-2-3-5-12(11)9-19/h2-7H,8-10H2,1H3,(H,17,18). The number of fused-ring (bicyclic) bond motifs is 1. The van der Waals surface area contributed by atoms with Crippen molar-refractivity contribution in [3.8, 4) is 0 Å². The first-order chi connectivity index (χ1) is 9.26. The van der Waals surface area contributed by atoms with Gasteiger partial charge >= 0.3 is 0 Å². The van der Waals surface area contributed by atoms with Crippen LogP contribution in [0.4, 0.5) is 5.82 Å². The van der Waals surface area contributed by atoms with Crippen LogP contribution in [-0.4, -0.2) is 16.9 Å². The smallest absolute Gasteiger partial charge is 0.126 e. The normalized spacial score (nSPS) is 14.4. The van der Waals surface area contributed by atoms with Crippen molar-refractivity contribution in [1.29, 1.82) is 0 Å². The van der Waals surface area contributed by atoms with Crippen molar-refractivity contribution in [3.05, 3.63) is 58.2 Å². The molecule has 0 fully saturated rings. The van der Waals surface area contributed by atoms with Crippen molar-refractivity contribution < 1.29 is 0 Å². The van der Waals surface area contributed by atoms with Crippen molar-refractivity contribution in [2.75, 3.05) is 12.4 Å². The Morgan fingerprint density at radius 3 is 2.47 bits per heavy atom. The quantitative estimate of drug-likeness (QED) is 0.930. The van der Waals surface area contributed by atoms with Gasteiger partial charge in [-0.2, -0.15) is 0 Å². The minimum absolute atomic E-state index is 0.731. The van der Waals surface area contributed by atoms with Gasteiger partial charge in [0.2, 0.25) is 0 Å². The van der Waals surface area contributed by atoms with Crippen molar-refractivity contribution >= 4 is 17.4 Å². The Labute approximate surface area is 118 Å². The SMILES string of the molecule is CNc1ccc(Cl)c(CN2Cc3ccccc3C2)n1. The summed E-state index contributed by atoms with van der Waals surface area (Å²) >= 11 is 6.23. The largest absolute Gasteiger partial charge is 0.373 e. The second kappa shape index (κ2) is 5.19. The van der Waals surface area contributed by atoms with E-state index < -0.39 is 0 Å². The first kappa shape index (κ1) is 12.5. The van der Waals surface area contributed by atoms with Crippen molar-refractivity contribution in [1.82, 2.24) is 9.88 Å². The predicted molar refractivity (Wildman–Crippen MR) is 78.2 cm³/mol. The molecule has 0 bridgehead atoms. The van der Waals surface area contributed by atoms with Crippen LogP contribution in [0, 0.1) is 0 Å². The first-order valence-corrected chi connectivity index (χ1v) is 6.76. The van der Waals surface area contributed by atoms with Gasteiger partial charge in [-0.25, -0.2) is 4.98 Å². The fourth-order valence-corrected chi connectivity index (χ4v) is 2.63. The fraction of sp³-hybridized carbons (Fsp3) is 0.267. The Balaban J connectivity index is 1.77. The molecule has 2 heterocycles. The van der Waals surface area contributed by atoms with Gasteiger partial charge in [-0.3, -0.25) is 4.90 Å². The van der Waals surface area contributed by atoms with Crippen molar-refractivity contribution in [2.24, 2.45) is 0 Å². The number of hydrogen-bond acceptors (Lipinski definition) is 3. The zero-order valence-electron chi connectivity index (χ0n) is 10.9. The van der Waals surface area contributed by atoms with E-state index in [2.05, 4.69) is 39.5 Å². The molecule has 0 saturated heterocycles. The van der Waals surface area contributed by atoms with E-state index in [4.69, 9.17) is 11.6 Å². The third-order valence-corrected chi connectivity index (χ3v) is 3.80. The predicted octanol–water partition coefficient (Wildman–Crippen LogP) is 3.29. The maximum atomic E-state index is 6.23. The molecule has 3 rings (SSSR count). The second-order valence-corrected chi connectivity index (χ2v) is 5.20. The highest BCUT2D eigenvalue weighted by Crippen LogP contribution is 2.26. The van der Waals surface area contributed by atoms with Gasteiger partial charge in [-0.15, -0.1) is 0 Å². The van der Waals surface area contributed by atoms with E-state index in [0.717, 1.165) is 36.2 Å². The van der Waals surface area contributed by atoms with E-state index in [-0.39, 0.29) is 0 Å². The third-order valence-electron chi connectivity index (χ3n) is 3.45. The lowest BCUT2D eigenvalue weighted by Crippen LogP contribution is -2.17. The van der Waals surface area contributed by atoms with Crippen molar-refractivity contribution in [2.45, 2.75) is 19.6 Å². The van der Waals surface area contributed by atoms with Crippen LogP contribution in [0.1, 0.15) is 16.8 Å². The fourth-order valence-electron chi connectivity index (χ4n) is 2.46. The van der Waals surface area contributed by atoms with Crippen LogP contribution in [0.25, 0.3) is 0 Å². The molecule has 19 heavy (non-hydrogen) atoms. The zero-order valence-corrected chi connectivity index (χ0v) is 11.6. The Kier molecular flexibility index (Phi) is 3.40. The molecular weight excluding hydrogens is 258 g/mol. The summed E-state index contributed by atoms with van der Waals surface area (Å²) in [6.45, 7) is 2.72. The topological polar surface area (TPSA) is 28.2 Å². The van der Waals surface area contributed by atoms with E-state index in [1.807, 2.05) is 19.2 Å². The molecule has 0 atom stereocenters. The highest BCUT2D eigenvalue weighted by atomic mass is 35.5. The Morgan fingerprint density at radius 1 is 1.16 bits per heavy atom. The number of rotatable bonds is 3. The van der Waals surface area contributed by atoms with Crippen LogP contribution in [0.2, 0.25) is 5.02 Å². The van der Waals surface area contributed by atoms with E-state index >= 15 is 0 Å². The van der Waals surface area contributed by atoms with E-state index in [0.29, 0.717) is 0 Å². The maximum Gasteiger partial charge on any atom is 0.126 e. The highest BCUT2D eigenvalue weighted by molar-refractivity contribution is 6.31. The van der Waals surface area contributed by atoms with Gasteiger partial charge in [0.1, 0.15) is 5.82 Å². The third kappa shape index (κ3) is 2.57. The molecule has 0 amide bonds. The first-order valence-electron chi connectivity index (χ1n) is 6.38. The van der Waals surface area contributed by atoms with Crippen LogP contribution in [0.15, 0.2) is 36.4 Å². The summed E-state index contributed by atoms with van der Waals surface area (Å²) < 4.78 is 0. The number of pyridine rings is 1. The summed E-state index contributed by atoms with van der Waals surface area (Å²) in [6.07, 6.45) is 0. The Hall–Kier alpha value is -1.58. The molecule has 0 aliphatic carbocycles. The molecule has 98 valence electrons. The monoisotopic (exact) mass is 273 g/mol. The molecule has 4 heteroatoms. The Bertz CT molecular complexity index is 573. The average molecular weight is 274 g/mol. The molecule has 2 aromatic rings. The van der Waals surface area contributed by atoms with Crippen LogP contribution in [0.3, 0.4) is 0 Å².